The van der Waals surface area contributed by atoms with E-state index in [1.165, 1.54) is 6.42 Å². The second kappa shape index (κ2) is 9.97. The molecule has 34 heavy (non-hydrogen) atoms. The molecule has 5 rings (SSSR count). The van der Waals surface area contributed by atoms with Crippen LogP contribution in [0.5, 0.6) is 11.5 Å². The molecule has 2 heterocycles. The van der Waals surface area contributed by atoms with E-state index in [-0.39, 0.29) is 24.2 Å². The molecule has 0 saturated heterocycles. The summed E-state index contributed by atoms with van der Waals surface area (Å²) in [6.45, 7) is 1.43. The van der Waals surface area contributed by atoms with Crippen molar-refractivity contribution in [3.63, 3.8) is 0 Å². The lowest BCUT2D eigenvalue weighted by Crippen LogP contribution is -2.45. The number of amides is 2. The molecule has 8 heteroatoms. The maximum Gasteiger partial charge on any atom is 0.318 e. The molecule has 2 aliphatic rings. The number of halogens is 1. The van der Waals surface area contributed by atoms with Gasteiger partial charge in [0, 0.05) is 34.6 Å². The molecule has 1 aliphatic carbocycles. The predicted molar refractivity (Wildman–Crippen MR) is 132 cm³/mol. The van der Waals surface area contributed by atoms with Crippen LogP contribution in [0.15, 0.2) is 47.3 Å². The van der Waals surface area contributed by atoms with Crippen molar-refractivity contribution >= 4 is 28.5 Å². The van der Waals surface area contributed by atoms with Gasteiger partial charge in [0.25, 0.3) is 5.56 Å². The molecule has 7 nitrogen and oxygen atoms in total. The number of carbonyl (C=O) groups is 1. The number of rotatable bonds is 5. The van der Waals surface area contributed by atoms with Gasteiger partial charge in [-0.25, -0.2) is 4.79 Å². The molecule has 1 saturated carbocycles. The number of hydrogen-bond donors (Lipinski definition) is 2. The molecule has 0 radical (unpaired) electrons. The van der Waals surface area contributed by atoms with Crippen molar-refractivity contribution in [2.24, 2.45) is 0 Å². The standard InChI is InChI=1S/C26H28ClN3O4/c27-21-9-5-4-6-17(21)15-30(26(32)28-20-7-2-1-3-8-20)16-19-12-18-13-23-24(34-11-10-33-23)14-22(18)29-25(19)31/h4-6,9,12-14,20H,1-3,7-8,10-11,15-16H2,(H,28,32)(H,29,31). The van der Waals surface area contributed by atoms with Crippen LogP contribution in [-0.2, 0) is 13.1 Å². The number of urea groups is 1. The zero-order valence-corrected chi connectivity index (χ0v) is 19.7. The number of nitrogens with one attached hydrogen (secondary N) is 2. The first-order valence-electron chi connectivity index (χ1n) is 11.8. The maximum atomic E-state index is 13.3. The van der Waals surface area contributed by atoms with Gasteiger partial charge in [0.1, 0.15) is 13.2 Å². The number of ether oxygens (including phenoxy) is 2. The van der Waals surface area contributed by atoms with Crippen LogP contribution in [0.25, 0.3) is 10.9 Å². The van der Waals surface area contributed by atoms with Gasteiger partial charge in [0.05, 0.1) is 12.1 Å². The Morgan fingerprint density at radius 2 is 1.71 bits per heavy atom. The third kappa shape index (κ3) is 4.99. The van der Waals surface area contributed by atoms with Crippen molar-refractivity contribution in [3.8, 4) is 11.5 Å². The van der Waals surface area contributed by atoms with Crippen molar-refractivity contribution in [1.29, 1.82) is 0 Å². The highest BCUT2D eigenvalue weighted by molar-refractivity contribution is 6.31. The topological polar surface area (TPSA) is 83.7 Å². The monoisotopic (exact) mass is 481 g/mol. The molecule has 2 N–H and O–H groups in total. The summed E-state index contributed by atoms with van der Waals surface area (Å²) < 4.78 is 11.3. The third-order valence-corrected chi connectivity index (χ3v) is 6.85. The second-order valence-corrected chi connectivity index (χ2v) is 9.35. The van der Waals surface area contributed by atoms with E-state index in [1.54, 1.807) is 11.0 Å². The normalized spacial score (nSPS) is 15.8. The van der Waals surface area contributed by atoms with Crippen LogP contribution < -0.4 is 20.3 Å². The first-order valence-corrected chi connectivity index (χ1v) is 12.2. The van der Waals surface area contributed by atoms with E-state index in [9.17, 15) is 9.59 Å². The summed E-state index contributed by atoms with van der Waals surface area (Å²) in [6.07, 6.45) is 5.41. The fraction of sp³-hybridized carbons (Fsp3) is 0.385. The van der Waals surface area contributed by atoms with Crippen LogP contribution in [0.1, 0.15) is 43.2 Å². The highest BCUT2D eigenvalue weighted by Crippen LogP contribution is 2.33. The van der Waals surface area contributed by atoms with Crippen LogP contribution in [0.3, 0.4) is 0 Å². The lowest BCUT2D eigenvalue weighted by Gasteiger charge is -2.29. The van der Waals surface area contributed by atoms with Gasteiger partial charge in [-0.1, -0.05) is 49.1 Å². The van der Waals surface area contributed by atoms with E-state index < -0.39 is 0 Å². The molecule has 0 spiro atoms. The number of pyridine rings is 1. The molecule has 3 aromatic rings. The minimum absolute atomic E-state index is 0.156. The van der Waals surface area contributed by atoms with Gasteiger partial charge in [-0.3, -0.25) is 4.79 Å². The molecule has 0 atom stereocenters. The van der Waals surface area contributed by atoms with Gasteiger partial charge in [-0.05, 0) is 36.6 Å². The zero-order valence-electron chi connectivity index (χ0n) is 18.9. The number of aromatic nitrogens is 1. The van der Waals surface area contributed by atoms with Crippen LogP contribution in [0, 0.1) is 0 Å². The van der Waals surface area contributed by atoms with E-state index in [1.807, 2.05) is 36.4 Å². The third-order valence-electron chi connectivity index (χ3n) is 6.48. The molecular formula is C26H28ClN3O4. The first kappa shape index (κ1) is 22.6. The molecule has 1 fully saturated rings. The number of nitrogens with zero attached hydrogens (tertiary/aromatic N) is 1. The zero-order chi connectivity index (χ0) is 23.5. The lowest BCUT2D eigenvalue weighted by atomic mass is 9.96. The number of carbonyl (C=O) groups excluding carboxylic acids is 1. The average Bonchev–Trinajstić information content (AvgIpc) is 2.84. The summed E-state index contributed by atoms with van der Waals surface area (Å²) in [5, 5.41) is 4.59. The van der Waals surface area contributed by atoms with Gasteiger partial charge in [0.2, 0.25) is 0 Å². The quantitative estimate of drug-likeness (QED) is 0.537. The Morgan fingerprint density at radius 1 is 1.00 bits per heavy atom. The van der Waals surface area contributed by atoms with Gasteiger partial charge in [-0.15, -0.1) is 0 Å². The van der Waals surface area contributed by atoms with Gasteiger partial charge >= 0.3 is 6.03 Å². The SMILES string of the molecule is O=C(NC1CCCCC1)N(Cc1ccccc1Cl)Cc1cc2cc3c(cc2[nH]c1=O)OCCO3. The Morgan fingerprint density at radius 3 is 2.47 bits per heavy atom. The predicted octanol–water partition coefficient (Wildman–Crippen LogP) is 5.00. The fourth-order valence-corrected chi connectivity index (χ4v) is 4.85. The molecule has 0 bridgehead atoms. The molecular weight excluding hydrogens is 454 g/mol. The number of hydrogen-bond acceptors (Lipinski definition) is 4. The maximum absolute atomic E-state index is 13.3. The van der Waals surface area contributed by atoms with E-state index in [2.05, 4.69) is 10.3 Å². The molecule has 2 aromatic carbocycles. The molecule has 2 amide bonds. The van der Waals surface area contributed by atoms with Crippen LogP contribution in [0.4, 0.5) is 4.79 Å². The summed E-state index contributed by atoms with van der Waals surface area (Å²) in [6, 6.07) is 12.9. The van der Waals surface area contributed by atoms with E-state index in [0.717, 1.165) is 36.6 Å². The number of aromatic amines is 1. The lowest BCUT2D eigenvalue weighted by molar-refractivity contribution is 0.172. The Balaban J connectivity index is 1.44. The molecule has 1 aliphatic heterocycles. The summed E-state index contributed by atoms with van der Waals surface area (Å²) >= 11 is 6.39. The number of benzene rings is 2. The summed E-state index contributed by atoms with van der Waals surface area (Å²) in [5.74, 6) is 1.27. The van der Waals surface area contributed by atoms with Crippen molar-refractivity contribution in [3.05, 3.63) is 69.0 Å². The van der Waals surface area contributed by atoms with E-state index >= 15 is 0 Å². The minimum Gasteiger partial charge on any atom is -0.486 e. The van der Waals surface area contributed by atoms with Gasteiger partial charge in [-0.2, -0.15) is 0 Å². The minimum atomic E-state index is -0.237. The molecule has 0 unspecified atom stereocenters. The Hall–Kier alpha value is -3.19. The molecule has 178 valence electrons. The first-order chi connectivity index (χ1) is 16.6. The van der Waals surface area contributed by atoms with Crippen molar-refractivity contribution in [2.45, 2.75) is 51.2 Å². The van der Waals surface area contributed by atoms with Crippen molar-refractivity contribution in [2.75, 3.05) is 13.2 Å². The highest BCUT2D eigenvalue weighted by Gasteiger charge is 2.22. The number of H-pyrrole nitrogens is 1. The average molecular weight is 482 g/mol. The summed E-state index contributed by atoms with van der Waals surface area (Å²) in [5.41, 5.74) is 1.76. The van der Waals surface area contributed by atoms with Crippen LogP contribution in [0.2, 0.25) is 5.02 Å². The summed E-state index contributed by atoms with van der Waals surface area (Å²) in [7, 11) is 0. The Kier molecular flexibility index (Phi) is 6.63. The van der Waals surface area contributed by atoms with Gasteiger partial charge in [0.15, 0.2) is 11.5 Å². The number of fused-ring (bicyclic) bond motifs is 2. The van der Waals surface area contributed by atoms with Crippen LogP contribution >= 0.6 is 11.6 Å². The smallest absolute Gasteiger partial charge is 0.318 e. The van der Waals surface area contributed by atoms with Crippen molar-refractivity contribution < 1.29 is 14.3 Å². The van der Waals surface area contributed by atoms with E-state index in [0.29, 0.717) is 47.4 Å². The highest BCUT2D eigenvalue weighted by atomic mass is 35.5. The fourth-order valence-electron chi connectivity index (χ4n) is 4.66. The Labute approximate surface area is 203 Å². The Bertz CT molecular complexity index is 1250. The van der Waals surface area contributed by atoms with Gasteiger partial charge < -0.3 is 24.7 Å². The van der Waals surface area contributed by atoms with E-state index in [4.69, 9.17) is 21.1 Å². The van der Waals surface area contributed by atoms with Crippen molar-refractivity contribution in [1.82, 2.24) is 15.2 Å². The largest absolute Gasteiger partial charge is 0.486 e. The molecule has 1 aromatic heterocycles. The summed E-state index contributed by atoms with van der Waals surface area (Å²) in [4.78, 5) is 30.9. The second-order valence-electron chi connectivity index (χ2n) is 8.94. The van der Waals surface area contributed by atoms with Crippen LogP contribution in [-0.4, -0.2) is 35.2 Å².